The Kier molecular flexibility index (Phi) is 5.92. The van der Waals surface area contributed by atoms with Gasteiger partial charge < -0.3 is 25.2 Å². The number of nitrogens with two attached hydrogens (primary N) is 1. The molecule has 6 rings (SSSR count). The number of anilines is 1. The molecule has 4 aromatic rings. The highest BCUT2D eigenvalue weighted by Gasteiger charge is 2.38. The Morgan fingerprint density at radius 1 is 1.14 bits per heavy atom. The number of nitrogens with zero attached hydrogens (tertiary/aromatic N) is 6. The summed E-state index contributed by atoms with van der Waals surface area (Å²) in [5, 5.41) is 18.2. The van der Waals surface area contributed by atoms with E-state index in [1.165, 1.54) is 11.3 Å². The van der Waals surface area contributed by atoms with Crippen LogP contribution in [0.5, 0.6) is 11.6 Å². The fraction of sp³-hybridized carbons (Fsp3) is 0.360. The zero-order chi connectivity index (χ0) is 24.7. The highest BCUT2D eigenvalue weighted by molar-refractivity contribution is 7.13. The van der Waals surface area contributed by atoms with Gasteiger partial charge in [-0.3, -0.25) is 4.68 Å². The number of nitrogen functional groups attached to an aromatic ring is 1. The SMILES string of the molecule is CN1CCC(n2cc(Oc3nc(-c4cc(-c5nccs5)cc(C5(O)COC5)c4)cnc3N)cn2)CC1. The molecule has 11 heteroatoms. The molecule has 2 aliphatic rings. The first-order chi connectivity index (χ1) is 17.5. The molecular formula is C25H27N7O3S. The van der Waals surface area contributed by atoms with Crippen molar-refractivity contribution in [3.63, 3.8) is 0 Å². The summed E-state index contributed by atoms with van der Waals surface area (Å²) in [5.74, 6) is 0.959. The highest BCUT2D eigenvalue weighted by Crippen LogP contribution is 2.37. The van der Waals surface area contributed by atoms with Crippen LogP contribution in [-0.4, -0.2) is 68.1 Å². The molecule has 0 radical (unpaired) electrons. The summed E-state index contributed by atoms with van der Waals surface area (Å²) in [6.07, 6.45) is 9.02. The van der Waals surface area contributed by atoms with Gasteiger partial charge in [-0.2, -0.15) is 5.10 Å². The standard InChI is InChI=1S/C25H27N7O3S/c1-31-5-2-19(3-6-31)32-13-20(11-29-32)35-23-22(26)28-12-21(30-23)16-8-17(24-27-4-7-36-24)10-18(9-16)25(33)14-34-15-25/h4,7-13,19,33H,2-3,5-6,14-15H2,1H3,(H2,26,28). The van der Waals surface area contributed by atoms with Crippen molar-refractivity contribution in [1.82, 2.24) is 29.6 Å². The minimum atomic E-state index is -1.04. The van der Waals surface area contributed by atoms with E-state index in [0.717, 1.165) is 47.6 Å². The van der Waals surface area contributed by atoms with E-state index in [9.17, 15) is 5.11 Å². The Morgan fingerprint density at radius 2 is 1.94 bits per heavy atom. The van der Waals surface area contributed by atoms with Crippen LogP contribution in [0.3, 0.4) is 0 Å². The second-order valence-corrected chi connectivity index (χ2v) is 10.3. The van der Waals surface area contributed by atoms with Gasteiger partial charge in [-0.05, 0) is 56.7 Å². The molecule has 2 aliphatic heterocycles. The van der Waals surface area contributed by atoms with Gasteiger partial charge in [-0.15, -0.1) is 11.3 Å². The topological polar surface area (TPSA) is 124 Å². The monoisotopic (exact) mass is 505 g/mol. The quantitative estimate of drug-likeness (QED) is 0.406. The number of benzene rings is 1. The van der Waals surface area contributed by atoms with E-state index >= 15 is 0 Å². The number of ether oxygens (including phenoxy) is 2. The minimum absolute atomic E-state index is 0.188. The second kappa shape index (κ2) is 9.25. The van der Waals surface area contributed by atoms with Crippen LogP contribution >= 0.6 is 11.3 Å². The van der Waals surface area contributed by atoms with Gasteiger partial charge in [0.2, 0.25) is 0 Å². The third-order valence-corrected chi connectivity index (χ3v) is 7.57. The van der Waals surface area contributed by atoms with Gasteiger partial charge in [0.25, 0.3) is 5.88 Å². The number of aliphatic hydroxyl groups is 1. The molecule has 3 N–H and O–H groups in total. The van der Waals surface area contributed by atoms with Crippen LogP contribution in [0.25, 0.3) is 21.8 Å². The number of hydrogen-bond acceptors (Lipinski definition) is 10. The number of rotatable bonds is 6. The van der Waals surface area contributed by atoms with Crippen LogP contribution in [0.15, 0.2) is 48.4 Å². The van der Waals surface area contributed by atoms with Crippen LogP contribution in [0, 0.1) is 0 Å². The number of thiazole rings is 1. The lowest BCUT2D eigenvalue weighted by Gasteiger charge is -2.37. The average Bonchev–Trinajstić information content (AvgIpc) is 3.57. The first-order valence-electron chi connectivity index (χ1n) is 11.9. The van der Waals surface area contributed by atoms with Gasteiger partial charge in [0.05, 0.1) is 43.5 Å². The third-order valence-electron chi connectivity index (χ3n) is 6.75. The average molecular weight is 506 g/mol. The van der Waals surface area contributed by atoms with Crippen LogP contribution in [0.4, 0.5) is 5.82 Å². The third kappa shape index (κ3) is 4.46. The maximum absolute atomic E-state index is 11.0. The summed E-state index contributed by atoms with van der Waals surface area (Å²) in [5.41, 5.74) is 8.07. The minimum Gasteiger partial charge on any atom is -0.433 e. The van der Waals surface area contributed by atoms with E-state index in [1.54, 1.807) is 18.6 Å². The first-order valence-corrected chi connectivity index (χ1v) is 12.7. The molecule has 186 valence electrons. The highest BCUT2D eigenvalue weighted by atomic mass is 32.1. The van der Waals surface area contributed by atoms with Gasteiger partial charge in [0.1, 0.15) is 10.6 Å². The lowest BCUT2D eigenvalue weighted by Crippen LogP contribution is -2.46. The Balaban J connectivity index is 1.30. The van der Waals surface area contributed by atoms with Crippen molar-refractivity contribution in [2.45, 2.75) is 24.5 Å². The second-order valence-electron chi connectivity index (χ2n) is 9.40. The van der Waals surface area contributed by atoms with E-state index in [1.807, 2.05) is 34.5 Å². The Morgan fingerprint density at radius 3 is 2.67 bits per heavy atom. The van der Waals surface area contributed by atoms with Gasteiger partial charge in [0, 0.05) is 22.7 Å². The number of hydrogen-bond donors (Lipinski definition) is 2. The molecule has 0 atom stereocenters. The molecule has 3 aromatic heterocycles. The maximum Gasteiger partial charge on any atom is 0.263 e. The molecule has 2 saturated heterocycles. The van der Waals surface area contributed by atoms with Crippen LogP contribution in [-0.2, 0) is 10.3 Å². The van der Waals surface area contributed by atoms with Crippen molar-refractivity contribution in [2.24, 2.45) is 0 Å². The smallest absolute Gasteiger partial charge is 0.263 e. The van der Waals surface area contributed by atoms with Gasteiger partial charge >= 0.3 is 0 Å². The number of piperidine rings is 1. The molecular weight excluding hydrogens is 478 g/mol. The predicted molar refractivity (Wildman–Crippen MR) is 136 cm³/mol. The summed E-state index contributed by atoms with van der Waals surface area (Å²) in [6, 6.07) is 6.18. The Bertz CT molecular complexity index is 1360. The van der Waals surface area contributed by atoms with E-state index in [0.29, 0.717) is 17.5 Å². The summed E-state index contributed by atoms with van der Waals surface area (Å²) in [7, 11) is 2.14. The summed E-state index contributed by atoms with van der Waals surface area (Å²) in [6.45, 7) is 2.59. The van der Waals surface area contributed by atoms with E-state index in [2.05, 4.69) is 32.0 Å². The molecule has 10 nitrogen and oxygen atoms in total. The maximum atomic E-state index is 11.0. The summed E-state index contributed by atoms with van der Waals surface area (Å²) in [4.78, 5) is 15.8. The summed E-state index contributed by atoms with van der Waals surface area (Å²) < 4.78 is 13.3. The lowest BCUT2D eigenvalue weighted by molar-refractivity contribution is -0.184. The molecule has 0 bridgehead atoms. The zero-order valence-electron chi connectivity index (χ0n) is 19.9. The van der Waals surface area contributed by atoms with Crippen molar-refractivity contribution < 1.29 is 14.6 Å². The van der Waals surface area contributed by atoms with Gasteiger partial charge in [0.15, 0.2) is 11.6 Å². The van der Waals surface area contributed by atoms with Crippen molar-refractivity contribution >= 4 is 17.2 Å². The van der Waals surface area contributed by atoms with Crippen molar-refractivity contribution in [2.75, 3.05) is 39.1 Å². The van der Waals surface area contributed by atoms with Crippen LogP contribution < -0.4 is 10.5 Å². The Labute approximate surface area is 212 Å². The number of likely N-dealkylation sites (tertiary alicyclic amines) is 1. The predicted octanol–water partition coefficient (Wildman–Crippen LogP) is 3.32. The van der Waals surface area contributed by atoms with Gasteiger partial charge in [-0.25, -0.2) is 15.0 Å². The largest absolute Gasteiger partial charge is 0.433 e. The molecule has 2 fully saturated rings. The van der Waals surface area contributed by atoms with Crippen molar-refractivity contribution in [1.29, 1.82) is 0 Å². The zero-order valence-corrected chi connectivity index (χ0v) is 20.7. The normalized spacial score (nSPS) is 18.2. The molecule has 0 aliphatic carbocycles. The van der Waals surface area contributed by atoms with Crippen molar-refractivity contribution in [3.8, 4) is 33.5 Å². The molecule has 0 saturated carbocycles. The fourth-order valence-corrected chi connectivity index (χ4v) is 5.16. The van der Waals surface area contributed by atoms with Crippen LogP contribution in [0.1, 0.15) is 24.4 Å². The molecule has 5 heterocycles. The van der Waals surface area contributed by atoms with Gasteiger partial charge in [-0.1, -0.05) is 0 Å². The molecule has 0 amide bonds. The summed E-state index contributed by atoms with van der Waals surface area (Å²) >= 11 is 1.53. The fourth-order valence-electron chi connectivity index (χ4n) is 4.54. The molecule has 1 aromatic carbocycles. The number of aromatic nitrogens is 5. The van der Waals surface area contributed by atoms with E-state index in [-0.39, 0.29) is 24.9 Å². The lowest BCUT2D eigenvalue weighted by atomic mass is 9.89. The molecule has 0 unspecified atom stereocenters. The molecule has 0 spiro atoms. The Hall–Kier alpha value is -3.38. The molecule has 36 heavy (non-hydrogen) atoms. The van der Waals surface area contributed by atoms with E-state index < -0.39 is 5.60 Å². The van der Waals surface area contributed by atoms with Crippen molar-refractivity contribution in [3.05, 3.63) is 53.9 Å². The van der Waals surface area contributed by atoms with E-state index in [4.69, 9.17) is 15.2 Å². The van der Waals surface area contributed by atoms with Crippen LogP contribution in [0.2, 0.25) is 0 Å². The first kappa shape index (κ1) is 23.0.